The second-order valence-electron chi connectivity index (χ2n) is 8.57. The van der Waals surface area contributed by atoms with Crippen LogP contribution >= 0.6 is 11.3 Å². The molecule has 1 N–H and O–H groups in total. The average molecular weight is 387 g/mol. The SMILES string of the molecule is C[C@@H]1CCC[C@@H](C)N1C(=O)[C@@H](C)[NH+]1CCC[C@H](c2nc3ccccc3s2)C1. The van der Waals surface area contributed by atoms with Crippen molar-refractivity contribution in [1.82, 2.24) is 9.88 Å². The molecule has 1 aromatic carbocycles. The zero-order valence-corrected chi connectivity index (χ0v) is 17.6. The molecule has 2 saturated heterocycles. The minimum Gasteiger partial charge on any atom is -0.332 e. The molecular formula is C22H32N3OS+. The molecule has 2 aromatic rings. The quantitative estimate of drug-likeness (QED) is 0.879. The maximum Gasteiger partial charge on any atom is 0.281 e. The number of aromatic nitrogens is 1. The Morgan fingerprint density at radius 2 is 1.93 bits per heavy atom. The number of hydrogen-bond donors (Lipinski definition) is 1. The first-order valence-electron chi connectivity index (χ1n) is 10.6. The Bertz CT molecular complexity index is 761. The van der Waals surface area contributed by atoms with Gasteiger partial charge in [-0.25, -0.2) is 4.98 Å². The maximum atomic E-state index is 13.3. The van der Waals surface area contributed by atoms with Crippen molar-refractivity contribution in [2.75, 3.05) is 13.1 Å². The summed E-state index contributed by atoms with van der Waals surface area (Å²) in [6.45, 7) is 8.71. The molecule has 1 amide bonds. The molecule has 3 heterocycles. The number of nitrogens with one attached hydrogen (secondary N) is 1. The lowest BCUT2D eigenvalue weighted by Crippen LogP contribution is -3.18. The third kappa shape index (κ3) is 3.77. The van der Waals surface area contributed by atoms with Crippen molar-refractivity contribution in [3.8, 4) is 0 Å². The van der Waals surface area contributed by atoms with Crippen LogP contribution in [0, 0.1) is 0 Å². The van der Waals surface area contributed by atoms with Crippen LogP contribution in [0.2, 0.25) is 0 Å². The number of piperidine rings is 2. The van der Waals surface area contributed by atoms with Gasteiger partial charge in [-0.05, 0) is 65.0 Å². The molecule has 0 bridgehead atoms. The van der Waals surface area contributed by atoms with E-state index in [1.165, 1.54) is 33.9 Å². The van der Waals surface area contributed by atoms with E-state index in [1.54, 1.807) is 0 Å². The number of rotatable bonds is 3. The van der Waals surface area contributed by atoms with Gasteiger partial charge in [0.25, 0.3) is 5.91 Å². The summed E-state index contributed by atoms with van der Waals surface area (Å²) >= 11 is 1.84. The van der Waals surface area contributed by atoms with Crippen LogP contribution < -0.4 is 4.90 Å². The summed E-state index contributed by atoms with van der Waals surface area (Å²) in [5.74, 6) is 0.840. The third-order valence-electron chi connectivity index (χ3n) is 6.65. The molecule has 1 unspecified atom stereocenters. The van der Waals surface area contributed by atoms with Crippen molar-refractivity contribution in [2.45, 2.75) is 76.9 Å². The molecule has 2 aliphatic heterocycles. The number of quaternary nitrogens is 1. The summed E-state index contributed by atoms with van der Waals surface area (Å²) in [5, 5.41) is 1.26. The first kappa shape index (κ1) is 18.9. The lowest BCUT2D eigenvalue weighted by molar-refractivity contribution is -0.920. The van der Waals surface area contributed by atoms with Crippen LogP contribution in [0.15, 0.2) is 24.3 Å². The number of benzene rings is 1. The van der Waals surface area contributed by atoms with Gasteiger partial charge < -0.3 is 9.80 Å². The first-order valence-corrected chi connectivity index (χ1v) is 11.4. The molecule has 1 aromatic heterocycles. The van der Waals surface area contributed by atoms with Gasteiger partial charge in [-0.2, -0.15) is 0 Å². The van der Waals surface area contributed by atoms with E-state index in [9.17, 15) is 4.79 Å². The number of likely N-dealkylation sites (tertiary alicyclic amines) is 2. The maximum absolute atomic E-state index is 13.3. The Morgan fingerprint density at radius 3 is 2.67 bits per heavy atom. The highest BCUT2D eigenvalue weighted by atomic mass is 32.1. The molecule has 4 rings (SSSR count). The Labute approximate surface area is 166 Å². The van der Waals surface area contributed by atoms with Crippen LogP contribution in [0.25, 0.3) is 10.2 Å². The third-order valence-corrected chi connectivity index (χ3v) is 7.85. The van der Waals surface area contributed by atoms with Crippen LogP contribution in [-0.2, 0) is 4.79 Å². The standard InChI is InChI=1S/C22H31N3OS/c1-15-8-6-9-16(2)25(15)22(26)17(3)24-13-7-10-18(14-24)21-23-19-11-4-5-12-20(19)27-21/h4-5,11-12,15-18H,6-10,13-14H2,1-3H3/p+1/t15-,16-,17-,18+/m1/s1. The number of carbonyl (C=O) groups excluding carboxylic acids is 1. The van der Waals surface area contributed by atoms with Gasteiger partial charge in [0.15, 0.2) is 6.04 Å². The molecule has 5 atom stereocenters. The Balaban J connectivity index is 1.47. The first-order chi connectivity index (χ1) is 13.0. The molecule has 0 spiro atoms. The van der Waals surface area contributed by atoms with E-state index in [4.69, 9.17) is 4.98 Å². The van der Waals surface area contributed by atoms with Crippen LogP contribution in [0.4, 0.5) is 0 Å². The van der Waals surface area contributed by atoms with Crippen LogP contribution in [0.5, 0.6) is 0 Å². The average Bonchev–Trinajstić information content (AvgIpc) is 3.11. The summed E-state index contributed by atoms with van der Waals surface area (Å²) in [4.78, 5) is 21.8. The molecule has 2 fully saturated rings. The second kappa shape index (κ2) is 7.88. The molecule has 0 saturated carbocycles. The van der Waals surface area contributed by atoms with Crippen molar-refractivity contribution in [3.05, 3.63) is 29.3 Å². The van der Waals surface area contributed by atoms with Crippen molar-refractivity contribution in [3.63, 3.8) is 0 Å². The number of para-hydroxylation sites is 1. The van der Waals surface area contributed by atoms with Crippen molar-refractivity contribution in [2.24, 2.45) is 0 Å². The van der Waals surface area contributed by atoms with Crippen molar-refractivity contribution >= 4 is 27.5 Å². The monoisotopic (exact) mass is 386 g/mol. The molecule has 0 aliphatic carbocycles. The summed E-state index contributed by atoms with van der Waals surface area (Å²) in [5.41, 5.74) is 1.12. The van der Waals surface area contributed by atoms with Gasteiger partial charge in [0.2, 0.25) is 0 Å². The van der Waals surface area contributed by atoms with Gasteiger partial charge in [-0.1, -0.05) is 12.1 Å². The fourth-order valence-electron chi connectivity index (χ4n) is 5.02. The zero-order valence-electron chi connectivity index (χ0n) is 16.8. The largest absolute Gasteiger partial charge is 0.332 e. The fraction of sp³-hybridized carbons (Fsp3) is 0.636. The van der Waals surface area contributed by atoms with Crippen LogP contribution in [0.1, 0.15) is 63.8 Å². The predicted molar refractivity (Wildman–Crippen MR) is 111 cm³/mol. The molecule has 4 nitrogen and oxygen atoms in total. The summed E-state index contributed by atoms with van der Waals surface area (Å²) in [6.07, 6.45) is 5.91. The van der Waals surface area contributed by atoms with E-state index in [0.29, 0.717) is 23.9 Å². The van der Waals surface area contributed by atoms with Gasteiger partial charge in [-0.3, -0.25) is 4.79 Å². The zero-order chi connectivity index (χ0) is 19.0. The summed E-state index contributed by atoms with van der Waals surface area (Å²) in [7, 11) is 0. The highest BCUT2D eigenvalue weighted by molar-refractivity contribution is 7.18. The van der Waals surface area contributed by atoms with Gasteiger partial charge in [-0.15, -0.1) is 11.3 Å². The van der Waals surface area contributed by atoms with E-state index in [2.05, 4.69) is 49.9 Å². The topological polar surface area (TPSA) is 37.6 Å². The normalized spacial score (nSPS) is 30.4. The van der Waals surface area contributed by atoms with E-state index in [0.717, 1.165) is 31.4 Å². The predicted octanol–water partition coefficient (Wildman–Crippen LogP) is 3.24. The van der Waals surface area contributed by atoms with Crippen molar-refractivity contribution < 1.29 is 9.69 Å². The lowest BCUT2D eigenvalue weighted by Gasteiger charge is -2.42. The molecule has 5 heteroatoms. The summed E-state index contributed by atoms with van der Waals surface area (Å²) < 4.78 is 1.28. The second-order valence-corrected chi connectivity index (χ2v) is 9.63. The van der Waals surface area contributed by atoms with Crippen LogP contribution in [-0.4, -0.2) is 47.0 Å². The Morgan fingerprint density at radius 1 is 1.19 bits per heavy atom. The van der Waals surface area contributed by atoms with E-state index in [-0.39, 0.29) is 6.04 Å². The minimum absolute atomic E-state index is 0.0465. The number of thiazole rings is 1. The van der Waals surface area contributed by atoms with E-state index < -0.39 is 0 Å². The highest BCUT2D eigenvalue weighted by Crippen LogP contribution is 2.30. The molecule has 2 aliphatic rings. The van der Waals surface area contributed by atoms with E-state index >= 15 is 0 Å². The molecule has 0 radical (unpaired) electrons. The number of hydrogen-bond acceptors (Lipinski definition) is 3. The van der Waals surface area contributed by atoms with Crippen LogP contribution in [0.3, 0.4) is 0 Å². The number of fused-ring (bicyclic) bond motifs is 1. The molecule has 27 heavy (non-hydrogen) atoms. The minimum atomic E-state index is 0.0465. The molecule has 146 valence electrons. The number of carbonyl (C=O) groups is 1. The highest BCUT2D eigenvalue weighted by Gasteiger charge is 2.38. The number of nitrogens with zero attached hydrogens (tertiary/aromatic N) is 2. The molecular weight excluding hydrogens is 354 g/mol. The van der Waals surface area contributed by atoms with Crippen molar-refractivity contribution in [1.29, 1.82) is 0 Å². The smallest absolute Gasteiger partial charge is 0.281 e. The Hall–Kier alpha value is -1.46. The van der Waals surface area contributed by atoms with Gasteiger partial charge in [0.1, 0.15) is 5.01 Å². The van der Waals surface area contributed by atoms with Gasteiger partial charge >= 0.3 is 0 Å². The lowest BCUT2D eigenvalue weighted by atomic mass is 9.94. The van der Waals surface area contributed by atoms with Gasteiger partial charge in [0.05, 0.1) is 29.2 Å². The number of amides is 1. The Kier molecular flexibility index (Phi) is 5.51. The van der Waals surface area contributed by atoms with Gasteiger partial charge in [0, 0.05) is 12.1 Å². The van der Waals surface area contributed by atoms with E-state index in [1.807, 2.05) is 11.3 Å². The summed E-state index contributed by atoms with van der Waals surface area (Å²) in [6, 6.07) is 9.23. The fourth-order valence-corrected chi connectivity index (χ4v) is 6.12.